The van der Waals surface area contributed by atoms with E-state index in [2.05, 4.69) is 22.5 Å². The molecule has 2 atom stereocenters. The van der Waals surface area contributed by atoms with Gasteiger partial charge in [-0.05, 0) is 49.3 Å². The zero-order valence-electron chi connectivity index (χ0n) is 12.3. The number of aromatic nitrogens is 2. The van der Waals surface area contributed by atoms with E-state index < -0.39 is 0 Å². The minimum absolute atomic E-state index is 0.182. The van der Waals surface area contributed by atoms with Gasteiger partial charge in [-0.3, -0.25) is 0 Å². The fraction of sp³-hybridized carbons (Fsp3) is 0.529. The number of hydrogen-bond donors (Lipinski definition) is 0. The highest BCUT2D eigenvalue weighted by atomic mass is 16.6. The monoisotopic (exact) mass is 281 g/mol. The number of rotatable bonds is 2. The van der Waals surface area contributed by atoms with Crippen LogP contribution in [0.25, 0.3) is 11.0 Å². The maximum Gasteiger partial charge on any atom is 0.0992 e. The topological polar surface area (TPSA) is 54.1 Å². The summed E-state index contributed by atoms with van der Waals surface area (Å²) in [4.78, 5) is 4.46. The number of nitriles is 1. The van der Waals surface area contributed by atoms with Crippen molar-refractivity contribution >= 4 is 11.0 Å². The van der Waals surface area contributed by atoms with Crippen LogP contribution in [0.1, 0.15) is 38.2 Å². The van der Waals surface area contributed by atoms with E-state index in [1.807, 2.05) is 24.5 Å². The van der Waals surface area contributed by atoms with Crippen molar-refractivity contribution in [3.8, 4) is 6.07 Å². The summed E-state index contributed by atoms with van der Waals surface area (Å²) in [5.74, 6) is 0. The molecule has 0 radical (unpaired) electrons. The normalized spacial score (nSPS) is 31.4. The summed E-state index contributed by atoms with van der Waals surface area (Å²) in [6.45, 7) is 4.24. The molecular formula is C17H19N3O. The molecule has 1 aliphatic heterocycles. The van der Waals surface area contributed by atoms with E-state index in [0.29, 0.717) is 5.56 Å². The van der Waals surface area contributed by atoms with Crippen LogP contribution in [-0.2, 0) is 11.3 Å². The Kier molecular flexibility index (Phi) is 2.64. The third-order valence-corrected chi connectivity index (χ3v) is 5.02. The first-order valence-electron chi connectivity index (χ1n) is 7.61. The molecule has 108 valence electrons. The molecule has 2 aromatic rings. The molecule has 2 fully saturated rings. The summed E-state index contributed by atoms with van der Waals surface area (Å²) in [6, 6.07) is 7.91. The van der Waals surface area contributed by atoms with E-state index in [0.717, 1.165) is 30.6 Å². The predicted octanol–water partition coefficient (Wildman–Crippen LogP) is 3.26. The molecule has 4 heteroatoms. The Balaban J connectivity index is 1.66. The Morgan fingerprint density at radius 1 is 1.43 bits per heavy atom. The van der Waals surface area contributed by atoms with Gasteiger partial charge in [-0.1, -0.05) is 6.92 Å². The van der Waals surface area contributed by atoms with Crippen LogP contribution in [0, 0.1) is 16.7 Å². The molecule has 1 aromatic carbocycles. The summed E-state index contributed by atoms with van der Waals surface area (Å²) in [7, 11) is 0. The molecule has 0 N–H and O–H groups in total. The van der Waals surface area contributed by atoms with Crippen molar-refractivity contribution in [1.82, 2.24) is 9.55 Å². The van der Waals surface area contributed by atoms with Gasteiger partial charge in [0.1, 0.15) is 0 Å². The van der Waals surface area contributed by atoms with Crippen LogP contribution in [0.3, 0.4) is 0 Å². The first-order chi connectivity index (χ1) is 10.1. The first kappa shape index (κ1) is 12.8. The Hall–Kier alpha value is -1.86. The Morgan fingerprint density at radius 2 is 2.29 bits per heavy atom. The number of ether oxygens (including phenoxy) is 1. The molecule has 1 saturated heterocycles. The van der Waals surface area contributed by atoms with Gasteiger partial charge in [-0.15, -0.1) is 0 Å². The smallest absolute Gasteiger partial charge is 0.0992 e. The SMILES string of the molecule is C[C@]1(Cn2cnc3ccc(C#N)cc32)CCC[C@]2(CO2)C1. The average molecular weight is 281 g/mol. The number of nitrogens with zero attached hydrogens (tertiary/aromatic N) is 3. The first-order valence-corrected chi connectivity index (χ1v) is 7.61. The zero-order valence-corrected chi connectivity index (χ0v) is 12.3. The van der Waals surface area contributed by atoms with Gasteiger partial charge < -0.3 is 9.30 Å². The lowest BCUT2D eigenvalue weighted by Gasteiger charge is -2.37. The molecule has 21 heavy (non-hydrogen) atoms. The molecule has 0 bridgehead atoms. The summed E-state index contributed by atoms with van der Waals surface area (Å²) in [5.41, 5.74) is 3.16. The minimum Gasteiger partial charge on any atom is -0.370 e. The molecule has 0 amide bonds. The number of benzene rings is 1. The van der Waals surface area contributed by atoms with Gasteiger partial charge in [0.15, 0.2) is 0 Å². The predicted molar refractivity (Wildman–Crippen MR) is 79.7 cm³/mol. The van der Waals surface area contributed by atoms with Crippen LogP contribution in [0.15, 0.2) is 24.5 Å². The highest BCUT2D eigenvalue weighted by molar-refractivity contribution is 5.76. The second-order valence-electron chi connectivity index (χ2n) is 7.00. The summed E-state index contributed by atoms with van der Waals surface area (Å²) in [5, 5.41) is 9.08. The molecule has 0 unspecified atom stereocenters. The van der Waals surface area contributed by atoms with Crippen molar-refractivity contribution in [3.63, 3.8) is 0 Å². The van der Waals surface area contributed by atoms with Crippen molar-refractivity contribution in [1.29, 1.82) is 5.26 Å². The van der Waals surface area contributed by atoms with Gasteiger partial charge in [-0.25, -0.2) is 4.98 Å². The molecule has 4 nitrogen and oxygen atoms in total. The maximum absolute atomic E-state index is 9.08. The Bertz CT molecular complexity index is 738. The number of fused-ring (bicyclic) bond motifs is 1. The third-order valence-electron chi connectivity index (χ3n) is 5.02. The van der Waals surface area contributed by atoms with Gasteiger partial charge in [0.2, 0.25) is 0 Å². The molecule has 1 aliphatic carbocycles. The van der Waals surface area contributed by atoms with Crippen LogP contribution in [0.5, 0.6) is 0 Å². The van der Waals surface area contributed by atoms with Crippen LogP contribution in [0.4, 0.5) is 0 Å². The highest BCUT2D eigenvalue weighted by Gasteiger charge is 2.51. The van der Waals surface area contributed by atoms with Crippen molar-refractivity contribution in [2.24, 2.45) is 5.41 Å². The summed E-state index contributed by atoms with van der Waals surface area (Å²) < 4.78 is 7.91. The number of hydrogen-bond acceptors (Lipinski definition) is 3. The van der Waals surface area contributed by atoms with E-state index in [1.165, 1.54) is 19.3 Å². The van der Waals surface area contributed by atoms with E-state index in [9.17, 15) is 0 Å². The van der Waals surface area contributed by atoms with Crippen molar-refractivity contribution in [2.75, 3.05) is 6.61 Å². The summed E-state index contributed by atoms with van der Waals surface area (Å²) >= 11 is 0. The molecule has 2 aliphatic rings. The van der Waals surface area contributed by atoms with Gasteiger partial charge in [0.05, 0.1) is 41.2 Å². The lowest BCUT2D eigenvalue weighted by molar-refractivity contribution is 0.103. The largest absolute Gasteiger partial charge is 0.370 e. The van der Waals surface area contributed by atoms with Crippen molar-refractivity contribution in [3.05, 3.63) is 30.1 Å². The van der Waals surface area contributed by atoms with Crippen LogP contribution >= 0.6 is 0 Å². The van der Waals surface area contributed by atoms with Crippen LogP contribution < -0.4 is 0 Å². The average Bonchev–Trinajstić information content (AvgIpc) is 3.09. The Morgan fingerprint density at radius 3 is 3.05 bits per heavy atom. The van der Waals surface area contributed by atoms with Gasteiger partial charge >= 0.3 is 0 Å². The van der Waals surface area contributed by atoms with Gasteiger partial charge in [0, 0.05) is 6.54 Å². The molecule has 2 heterocycles. The van der Waals surface area contributed by atoms with E-state index in [1.54, 1.807) is 0 Å². The number of imidazole rings is 1. The third kappa shape index (κ3) is 2.22. The number of epoxide rings is 1. The van der Waals surface area contributed by atoms with E-state index in [-0.39, 0.29) is 11.0 Å². The van der Waals surface area contributed by atoms with Crippen molar-refractivity contribution in [2.45, 2.75) is 44.8 Å². The lowest BCUT2D eigenvalue weighted by Crippen LogP contribution is -2.34. The molecular weight excluding hydrogens is 262 g/mol. The Labute approximate surface area is 124 Å². The van der Waals surface area contributed by atoms with Crippen LogP contribution in [-0.4, -0.2) is 21.8 Å². The van der Waals surface area contributed by atoms with Crippen LogP contribution in [0.2, 0.25) is 0 Å². The summed E-state index contributed by atoms with van der Waals surface area (Å²) in [6.07, 6.45) is 6.73. The quantitative estimate of drug-likeness (QED) is 0.794. The fourth-order valence-corrected chi connectivity index (χ4v) is 3.94. The maximum atomic E-state index is 9.08. The minimum atomic E-state index is 0.182. The lowest BCUT2D eigenvalue weighted by atomic mass is 9.70. The second kappa shape index (κ2) is 4.32. The second-order valence-corrected chi connectivity index (χ2v) is 7.00. The zero-order chi connectivity index (χ0) is 14.5. The van der Waals surface area contributed by atoms with Gasteiger partial charge in [-0.2, -0.15) is 5.26 Å². The fourth-order valence-electron chi connectivity index (χ4n) is 3.94. The molecule has 1 saturated carbocycles. The van der Waals surface area contributed by atoms with E-state index >= 15 is 0 Å². The standard InChI is InChI=1S/C17H19N3O/c1-16(5-2-6-17(9-16)11-21-17)10-20-12-19-14-4-3-13(8-18)7-15(14)20/h3-4,7,12H,2,5-6,9-11H2,1H3/t16-,17+/m0/s1. The van der Waals surface area contributed by atoms with Crippen molar-refractivity contribution < 1.29 is 4.74 Å². The molecule has 1 aromatic heterocycles. The van der Waals surface area contributed by atoms with E-state index in [4.69, 9.17) is 10.00 Å². The molecule has 1 spiro atoms. The molecule has 4 rings (SSSR count). The highest BCUT2D eigenvalue weighted by Crippen LogP contribution is 2.50. The van der Waals surface area contributed by atoms with Gasteiger partial charge in [0.25, 0.3) is 0 Å².